The molecule has 22 heavy (non-hydrogen) atoms. The van der Waals surface area contributed by atoms with Crippen LogP contribution in [0.2, 0.25) is 5.02 Å². The summed E-state index contributed by atoms with van der Waals surface area (Å²) < 4.78 is 6.91. The summed E-state index contributed by atoms with van der Waals surface area (Å²) >= 11 is 9.45. The van der Waals surface area contributed by atoms with E-state index in [-0.39, 0.29) is 6.10 Å². The minimum Gasteiger partial charge on any atom is -0.489 e. The largest absolute Gasteiger partial charge is 0.489 e. The van der Waals surface area contributed by atoms with E-state index < -0.39 is 0 Å². The maximum Gasteiger partial charge on any atom is 0.124 e. The van der Waals surface area contributed by atoms with Crippen LogP contribution in [0.15, 0.2) is 46.9 Å². The van der Waals surface area contributed by atoms with Gasteiger partial charge in [0.1, 0.15) is 12.4 Å². The van der Waals surface area contributed by atoms with Crippen molar-refractivity contribution >= 4 is 27.5 Å². The molecule has 2 aromatic carbocycles. The third-order valence-electron chi connectivity index (χ3n) is 3.06. The van der Waals surface area contributed by atoms with Gasteiger partial charge in [-0.25, -0.2) is 0 Å². The maximum atomic E-state index is 9.32. The molecule has 0 unspecified atom stereocenters. The van der Waals surface area contributed by atoms with E-state index in [0.29, 0.717) is 24.7 Å². The normalized spacial score (nSPS) is 12.2. The monoisotopic (exact) mass is 383 g/mol. The van der Waals surface area contributed by atoms with Gasteiger partial charge >= 0.3 is 0 Å². The molecule has 0 aliphatic carbocycles. The molecule has 5 heteroatoms. The van der Waals surface area contributed by atoms with Crippen molar-refractivity contribution in [3.63, 3.8) is 0 Å². The van der Waals surface area contributed by atoms with E-state index in [1.54, 1.807) is 6.92 Å². The smallest absolute Gasteiger partial charge is 0.124 e. The third-order valence-corrected chi connectivity index (χ3v) is 3.79. The van der Waals surface area contributed by atoms with Crippen molar-refractivity contribution in [3.8, 4) is 5.75 Å². The van der Waals surface area contributed by atoms with Crippen molar-refractivity contribution < 1.29 is 9.84 Å². The van der Waals surface area contributed by atoms with Gasteiger partial charge in [0.05, 0.1) is 6.10 Å². The number of halogens is 2. The Morgan fingerprint density at radius 3 is 2.82 bits per heavy atom. The van der Waals surface area contributed by atoms with E-state index >= 15 is 0 Å². The lowest BCUT2D eigenvalue weighted by Gasteiger charge is -2.14. The number of hydrogen-bond donors (Lipinski definition) is 2. The molecule has 2 rings (SSSR count). The van der Waals surface area contributed by atoms with Gasteiger partial charge in [-0.3, -0.25) is 0 Å². The Morgan fingerprint density at radius 2 is 2.09 bits per heavy atom. The zero-order valence-electron chi connectivity index (χ0n) is 12.4. The third kappa shape index (κ3) is 5.61. The highest BCUT2D eigenvalue weighted by atomic mass is 79.9. The first-order valence-electron chi connectivity index (χ1n) is 7.09. The fraction of sp³-hybridized carbons (Fsp3) is 0.294. The van der Waals surface area contributed by atoms with Crippen molar-refractivity contribution in [2.24, 2.45) is 0 Å². The number of hydrogen-bond acceptors (Lipinski definition) is 3. The molecule has 0 aromatic heterocycles. The number of nitrogens with one attached hydrogen (secondary N) is 1. The highest BCUT2D eigenvalue weighted by molar-refractivity contribution is 9.10. The van der Waals surface area contributed by atoms with Crippen LogP contribution in [0.5, 0.6) is 5.75 Å². The second-order valence-electron chi connectivity index (χ2n) is 5.15. The Hall–Kier alpha value is -1.07. The van der Waals surface area contributed by atoms with Gasteiger partial charge in [-0.2, -0.15) is 0 Å². The van der Waals surface area contributed by atoms with Crippen molar-refractivity contribution in [1.29, 1.82) is 0 Å². The van der Waals surface area contributed by atoms with Crippen LogP contribution in [0, 0.1) is 0 Å². The van der Waals surface area contributed by atoms with Crippen LogP contribution >= 0.6 is 27.5 Å². The first-order valence-corrected chi connectivity index (χ1v) is 8.26. The zero-order valence-corrected chi connectivity index (χ0v) is 14.7. The number of benzene rings is 2. The molecule has 0 aliphatic heterocycles. The van der Waals surface area contributed by atoms with Crippen molar-refractivity contribution in [2.75, 3.05) is 6.54 Å². The SMILES string of the molecule is C[C@H](O)CNCc1cc(Br)ccc1OCc1cccc(Cl)c1. The molecule has 0 aliphatic rings. The predicted octanol–water partition coefficient (Wildman–Crippen LogP) is 4.15. The minimum absolute atomic E-state index is 0.372. The van der Waals surface area contributed by atoms with Gasteiger partial charge in [0.15, 0.2) is 0 Å². The van der Waals surface area contributed by atoms with Crippen LogP contribution in [0.3, 0.4) is 0 Å². The Balaban J connectivity index is 2.03. The zero-order chi connectivity index (χ0) is 15.9. The molecule has 0 spiro atoms. The average molecular weight is 385 g/mol. The van der Waals surface area contributed by atoms with Gasteiger partial charge in [-0.15, -0.1) is 0 Å². The molecule has 2 N–H and O–H groups in total. The van der Waals surface area contributed by atoms with Gasteiger partial charge in [0.25, 0.3) is 0 Å². The Labute approximate surface area is 144 Å². The maximum absolute atomic E-state index is 9.32. The lowest BCUT2D eigenvalue weighted by molar-refractivity contribution is 0.190. The lowest BCUT2D eigenvalue weighted by atomic mass is 10.2. The van der Waals surface area contributed by atoms with Gasteiger partial charge in [-0.05, 0) is 42.8 Å². The standard InChI is InChI=1S/C17H19BrClNO2/c1-12(21)9-20-10-14-8-15(18)5-6-17(14)22-11-13-3-2-4-16(19)7-13/h2-8,12,20-21H,9-11H2,1H3/t12-/m0/s1. The van der Waals surface area contributed by atoms with Gasteiger partial charge in [0, 0.05) is 28.1 Å². The molecule has 0 heterocycles. The van der Waals surface area contributed by atoms with Crippen LogP contribution in [-0.2, 0) is 13.2 Å². The van der Waals surface area contributed by atoms with Gasteiger partial charge < -0.3 is 15.2 Å². The fourth-order valence-corrected chi connectivity index (χ4v) is 2.65. The highest BCUT2D eigenvalue weighted by Gasteiger charge is 2.06. The van der Waals surface area contributed by atoms with Crippen LogP contribution in [0.1, 0.15) is 18.1 Å². The molecule has 0 radical (unpaired) electrons. The van der Waals surface area contributed by atoms with Crippen LogP contribution < -0.4 is 10.1 Å². The first kappa shape index (κ1) is 17.3. The second kappa shape index (κ2) is 8.53. The first-order chi connectivity index (χ1) is 10.5. The molecule has 0 amide bonds. The van der Waals surface area contributed by atoms with E-state index in [9.17, 15) is 5.11 Å². The van der Waals surface area contributed by atoms with E-state index in [1.165, 1.54) is 0 Å². The summed E-state index contributed by atoms with van der Waals surface area (Å²) in [5.74, 6) is 0.821. The van der Waals surface area contributed by atoms with Crippen LogP contribution in [0.4, 0.5) is 0 Å². The molecular weight excluding hydrogens is 366 g/mol. The number of aliphatic hydroxyl groups is 1. The van der Waals surface area contributed by atoms with E-state index in [1.807, 2.05) is 42.5 Å². The molecule has 0 bridgehead atoms. The molecule has 118 valence electrons. The minimum atomic E-state index is -0.372. The number of aliphatic hydroxyl groups excluding tert-OH is 1. The molecule has 3 nitrogen and oxygen atoms in total. The Bertz CT molecular complexity index is 619. The number of rotatable bonds is 7. The summed E-state index contributed by atoms with van der Waals surface area (Å²) in [5.41, 5.74) is 2.07. The fourth-order valence-electron chi connectivity index (χ4n) is 2.03. The second-order valence-corrected chi connectivity index (χ2v) is 6.50. The quantitative estimate of drug-likeness (QED) is 0.753. The van der Waals surface area contributed by atoms with E-state index in [0.717, 1.165) is 21.3 Å². The van der Waals surface area contributed by atoms with E-state index in [2.05, 4.69) is 21.2 Å². The van der Waals surface area contributed by atoms with Gasteiger partial charge in [-0.1, -0.05) is 39.7 Å². The average Bonchev–Trinajstić information content (AvgIpc) is 2.46. The Morgan fingerprint density at radius 1 is 1.27 bits per heavy atom. The van der Waals surface area contributed by atoms with Crippen molar-refractivity contribution in [1.82, 2.24) is 5.32 Å². The number of ether oxygens (including phenoxy) is 1. The van der Waals surface area contributed by atoms with Crippen LogP contribution in [-0.4, -0.2) is 17.8 Å². The molecular formula is C17H19BrClNO2. The summed E-state index contributed by atoms with van der Waals surface area (Å²) in [7, 11) is 0. The summed E-state index contributed by atoms with van der Waals surface area (Å²) in [6.45, 7) is 3.39. The van der Waals surface area contributed by atoms with Crippen LogP contribution in [0.25, 0.3) is 0 Å². The predicted molar refractivity (Wildman–Crippen MR) is 93.3 cm³/mol. The summed E-state index contributed by atoms with van der Waals surface area (Å²) in [4.78, 5) is 0. The summed E-state index contributed by atoms with van der Waals surface area (Å²) in [6.07, 6.45) is -0.372. The molecule has 0 saturated heterocycles. The van der Waals surface area contributed by atoms with E-state index in [4.69, 9.17) is 16.3 Å². The topological polar surface area (TPSA) is 41.5 Å². The van der Waals surface area contributed by atoms with Crippen molar-refractivity contribution in [3.05, 3.63) is 63.1 Å². The molecule has 0 saturated carbocycles. The summed E-state index contributed by atoms with van der Waals surface area (Å²) in [6, 6.07) is 13.5. The molecule has 2 aromatic rings. The Kier molecular flexibility index (Phi) is 6.70. The van der Waals surface area contributed by atoms with Gasteiger partial charge in [0.2, 0.25) is 0 Å². The summed E-state index contributed by atoms with van der Waals surface area (Å²) in [5, 5.41) is 13.2. The molecule has 0 fully saturated rings. The lowest BCUT2D eigenvalue weighted by Crippen LogP contribution is -2.24. The highest BCUT2D eigenvalue weighted by Crippen LogP contribution is 2.24. The molecule has 1 atom stereocenters. The van der Waals surface area contributed by atoms with Crippen molar-refractivity contribution in [2.45, 2.75) is 26.2 Å².